The third kappa shape index (κ3) is 7.52. The van der Waals surface area contributed by atoms with Gasteiger partial charge in [-0.25, -0.2) is 0 Å². The highest BCUT2D eigenvalue weighted by molar-refractivity contribution is 8.93. The number of para-hydroxylation sites is 1. The monoisotopic (exact) mass is 371 g/mol. The smallest absolute Gasteiger partial charge is 0.180 e. The van der Waals surface area contributed by atoms with Gasteiger partial charge >= 0.3 is 0 Å². The highest BCUT2D eigenvalue weighted by Gasteiger charge is 2.07. The molecule has 6 heteroatoms. The predicted molar refractivity (Wildman–Crippen MR) is 96.9 cm³/mol. The standard InChI is InChI=1S/C15H21N3OS.BrH/c16-15-18-17-13(12-20-15)8-4-1-2-7-11-19-14-9-5-3-6-10-14;/h3,5-6,9-10H,1-2,4,7-8,11-12H2,(H2,16,18);1H. The Kier molecular flexibility index (Phi) is 9.17. The topological polar surface area (TPSA) is 60.0 Å². The lowest BCUT2D eigenvalue weighted by Crippen LogP contribution is -2.15. The fraction of sp³-hybridized carbons (Fsp3) is 0.467. The highest BCUT2D eigenvalue weighted by Crippen LogP contribution is 2.13. The zero-order valence-corrected chi connectivity index (χ0v) is 14.6. The van der Waals surface area contributed by atoms with Gasteiger partial charge in [0, 0.05) is 5.75 Å². The lowest BCUT2D eigenvalue weighted by atomic mass is 10.1. The number of unbranched alkanes of at least 4 members (excludes halogenated alkanes) is 3. The summed E-state index contributed by atoms with van der Waals surface area (Å²) in [6.07, 6.45) is 5.70. The van der Waals surface area contributed by atoms with Gasteiger partial charge in [0.05, 0.1) is 12.3 Å². The summed E-state index contributed by atoms with van der Waals surface area (Å²) in [7, 11) is 0. The maximum absolute atomic E-state index is 5.66. The van der Waals surface area contributed by atoms with Crippen LogP contribution in [0.25, 0.3) is 0 Å². The fourth-order valence-electron chi connectivity index (χ4n) is 1.95. The van der Waals surface area contributed by atoms with Gasteiger partial charge in [-0.3, -0.25) is 0 Å². The molecule has 0 saturated carbocycles. The molecule has 2 N–H and O–H groups in total. The van der Waals surface area contributed by atoms with Crippen LogP contribution in [0.15, 0.2) is 40.5 Å². The first kappa shape index (κ1) is 18.0. The number of nitrogens with two attached hydrogens (primary N) is 1. The van der Waals surface area contributed by atoms with Crippen LogP contribution in [0.3, 0.4) is 0 Å². The zero-order chi connectivity index (χ0) is 14.0. The van der Waals surface area contributed by atoms with Crippen LogP contribution in [0.2, 0.25) is 0 Å². The second-order valence-corrected chi connectivity index (χ2v) is 5.71. The van der Waals surface area contributed by atoms with Crippen molar-refractivity contribution in [2.45, 2.75) is 32.1 Å². The third-order valence-electron chi connectivity index (χ3n) is 3.05. The largest absolute Gasteiger partial charge is 0.494 e. The number of halogens is 1. The van der Waals surface area contributed by atoms with Gasteiger partial charge in [0.1, 0.15) is 5.75 Å². The Bertz CT molecular complexity index is 465. The molecule has 0 amide bonds. The molecule has 21 heavy (non-hydrogen) atoms. The number of hydrogen-bond donors (Lipinski definition) is 1. The summed E-state index contributed by atoms with van der Waals surface area (Å²) in [5.41, 5.74) is 6.70. The minimum absolute atomic E-state index is 0. The van der Waals surface area contributed by atoms with E-state index in [0.717, 1.165) is 36.7 Å². The zero-order valence-electron chi connectivity index (χ0n) is 12.0. The Morgan fingerprint density at radius 1 is 1.05 bits per heavy atom. The molecule has 116 valence electrons. The van der Waals surface area contributed by atoms with Crippen LogP contribution >= 0.6 is 28.7 Å². The summed E-state index contributed by atoms with van der Waals surface area (Å²) in [6, 6.07) is 9.97. The van der Waals surface area contributed by atoms with Crippen molar-refractivity contribution in [3.8, 4) is 5.75 Å². The van der Waals surface area contributed by atoms with E-state index in [1.54, 1.807) is 11.8 Å². The van der Waals surface area contributed by atoms with Gasteiger partial charge in [-0.05, 0) is 31.4 Å². The van der Waals surface area contributed by atoms with Crippen LogP contribution in [-0.2, 0) is 0 Å². The average Bonchev–Trinajstić information content (AvgIpc) is 2.49. The Morgan fingerprint density at radius 2 is 1.81 bits per heavy atom. The number of benzene rings is 1. The molecule has 4 nitrogen and oxygen atoms in total. The molecular formula is C15H22BrN3OS. The summed E-state index contributed by atoms with van der Waals surface area (Å²) in [6.45, 7) is 0.793. The molecule has 0 bridgehead atoms. The van der Waals surface area contributed by atoms with E-state index >= 15 is 0 Å². The van der Waals surface area contributed by atoms with Crippen LogP contribution < -0.4 is 10.5 Å². The SMILES string of the molecule is Br.NC1=NN=C(CCCCCCOc2ccccc2)CS1. The molecule has 0 fully saturated rings. The molecule has 0 saturated heterocycles. The quantitative estimate of drug-likeness (QED) is 0.702. The maximum atomic E-state index is 5.66. The molecular weight excluding hydrogens is 350 g/mol. The van der Waals surface area contributed by atoms with Crippen molar-refractivity contribution in [2.75, 3.05) is 12.4 Å². The van der Waals surface area contributed by atoms with E-state index in [2.05, 4.69) is 10.2 Å². The lowest BCUT2D eigenvalue weighted by molar-refractivity contribution is 0.305. The first-order valence-corrected chi connectivity index (χ1v) is 8.02. The van der Waals surface area contributed by atoms with Crippen molar-refractivity contribution < 1.29 is 4.74 Å². The van der Waals surface area contributed by atoms with Crippen LogP contribution in [0.1, 0.15) is 32.1 Å². The van der Waals surface area contributed by atoms with E-state index < -0.39 is 0 Å². The number of rotatable bonds is 8. The van der Waals surface area contributed by atoms with Gasteiger partial charge < -0.3 is 10.5 Å². The molecule has 0 radical (unpaired) electrons. The van der Waals surface area contributed by atoms with Gasteiger partial charge in [-0.2, -0.15) is 5.10 Å². The van der Waals surface area contributed by atoms with Crippen molar-refractivity contribution in [1.82, 2.24) is 0 Å². The van der Waals surface area contributed by atoms with Crippen molar-refractivity contribution in [2.24, 2.45) is 15.9 Å². The number of hydrogen-bond acceptors (Lipinski definition) is 5. The van der Waals surface area contributed by atoms with E-state index in [1.165, 1.54) is 19.3 Å². The highest BCUT2D eigenvalue weighted by atomic mass is 79.9. The number of nitrogens with zero attached hydrogens (tertiary/aromatic N) is 2. The summed E-state index contributed by atoms with van der Waals surface area (Å²) in [4.78, 5) is 0. The van der Waals surface area contributed by atoms with Crippen LogP contribution in [-0.4, -0.2) is 23.2 Å². The van der Waals surface area contributed by atoms with E-state index in [4.69, 9.17) is 10.5 Å². The van der Waals surface area contributed by atoms with Gasteiger partial charge in [-0.1, -0.05) is 42.8 Å². The van der Waals surface area contributed by atoms with Crippen molar-refractivity contribution in [1.29, 1.82) is 0 Å². The third-order valence-corrected chi connectivity index (χ3v) is 3.90. The van der Waals surface area contributed by atoms with E-state index in [1.807, 2.05) is 30.3 Å². The van der Waals surface area contributed by atoms with Crippen LogP contribution in [0, 0.1) is 0 Å². The summed E-state index contributed by atoms with van der Waals surface area (Å²) in [5.74, 6) is 1.85. The first-order chi connectivity index (χ1) is 9.84. The minimum Gasteiger partial charge on any atom is -0.494 e. The molecule has 1 aliphatic rings. The Balaban J connectivity index is 0.00000220. The van der Waals surface area contributed by atoms with Gasteiger partial charge in [0.25, 0.3) is 0 Å². The molecule has 1 aromatic carbocycles. The van der Waals surface area contributed by atoms with E-state index in [9.17, 15) is 0 Å². The molecule has 1 aliphatic heterocycles. The summed E-state index contributed by atoms with van der Waals surface area (Å²) < 4.78 is 5.66. The second kappa shape index (κ2) is 10.7. The summed E-state index contributed by atoms with van der Waals surface area (Å²) in [5, 5.41) is 8.59. The maximum Gasteiger partial charge on any atom is 0.180 e. The average molecular weight is 372 g/mol. The number of ether oxygens (including phenoxy) is 1. The number of thioether (sulfide) groups is 1. The van der Waals surface area contributed by atoms with Crippen molar-refractivity contribution in [3.05, 3.63) is 30.3 Å². The predicted octanol–water partition coefficient (Wildman–Crippen LogP) is 4.01. The van der Waals surface area contributed by atoms with E-state index in [-0.39, 0.29) is 17.0 Å². The van der Waals surface area contributed by atoms with Gasteiger partial charge in [0.15, 0.2) is 5.17 Å². The Hall–Kier alpha value is -1.01. The second-order valence-electron chi connectivity index (χ2n) is 4.72. The normalized spacial score (nSPS) is 13.9. The molecule has 0 unspecified atom stereocenters. The molecule has 0 atom stereocenters. The van der Waals surface area contributed by atoms with Crippen molar-refractivity contribution in [3.63, 3.8) is 0 Å². The van der Waals surface area contributed by atoms with Crippen LogP contribution in [0.4, 0.5) is 0 Å². The molecule has 0 aromatic heterocycles. The van der Waals surface area contributed by atoms with E-state index in [0.29, 0.717) is 5.17 Å². The molecule has 1 heterocycles. The first-order valence-electron chi connectivity index (χ1n) is 7.04. The Morgan fingerprint density at radius 3 is 2.52 bits per heavy atom. The molecule has 0 spiro atoms. The number of amidine groups is 1. The van der Waals surface area contributed by atoms with Crippen LogP contribution in [0.5, 0.6) is 5.75 Å². The molecule has 2 rings (SSSR count). The molecule has 0 aliphatic carbocycles. The summed E-state index contributed by atoms with van der Waals surface area (Å²) >= 11 is 1.57. The minimum atomic E-state index is 0. The lowest BCUT2D eigenvalue weighted by Gasteiger charge is -2.09. The molecule has 1 aromatic rings. The van der Waals surface area contributed by atoms with Crippen molar-refractivity contribution >= 4 is 39.6 Å². The van der Waals surface area contributed by atoms with Gasteiger partial charge in [0.2, 0.25) is 0 Å². The fourth-order valence-corrected chi connectivity index (χ4v) is 2.56. The van der Waals surface area contributed by atoms with Gasteiger partial charge in [-0.15, -0.1) is 22.1 Å². The Labute approximate surface area is 141 Å².